The zero-order valence-electron chi connectivity index (χ0n) is 9.60. The van der Waals surface area contributed by atoms with Gasteiger partial charge in [0.1, 0.15) is 0 Å². The number of nitrogens with one attached hydrogen (secondary N) is 2. The Morgan fingerprint density at radius 2 is 1.79 bits per heavy atom. The lowest BCUT2D eigenvalue weighted by Gasteiger charge is -2.17. The molecule has 0 unspecified atom stereocenters. The van der Waals surface area contributed by atoms with Crippen LogP contribution in [0, 0.1) is 0 Å². The highest BCUT2D eigenvalue weighted by molar-refractivity contribution is 5.77. The van der Waals surface area contributed by atoms with Gasteiger partial charge >= 0.3 is 0 Å². The monoisotopic (exact) mass is 201 g/mol. The summed E-state index contributed by atoms with van der Waals surface area (Å²) in [6.45, 7) is 11.1. The zero-order valence-corrected chi connectivity index (χ0v) is 9.60. The van der Waals surface area contributed by atoms with Crippen LogP contribution in [0.5, 0.6) is 0 Å². The van der Waals surface area contributed by atoms with Gasteiger partial charge in [0.15, 0.2) is 0 Å². The molecule has 0 rings (SSSR count). The van der Waals surface area contributed by atoms with Gasteiger partial charge in [-0.25, -0.2) is 0 Å². The molecular formula is C10H23N3O. The SMILES string of the molecule is CCNCCNC(=O)CN(CC)CC. The van der Waals surface area contributed by atoms with Crippen LogP contribution in [0.4, 0.5) is 0 Å². The van der Waals surface area contributed by atoms with Crippen LogP contribution in [0.1, 0.15) is 20.8 Å². The van der Waals surface area contributed by atoms with Crippen molar-refractivity contribution in [1.82, 2.24) is 15.5 Å². The van der Waals surface area contributed by atoms with Crippen molar-refractivity contribution in [3.8, 4) is 0 Å². The van der Waals surface area contributed by atoms with Gasteiger partial charge in [-0.1, -0.05) is 20.8 Å². The predicted octanol–water partition coefficient (Wildman–Crippen LogP) is 0.0539. The maximum Gasteiger partial charge on any atom is 0.234 e. The molecule has 0 atom stereocenters. The third-order valence-electron chi connectivity index (χ3n) is 2.14. The molecule has 0 bridgehead atoms. The molecule has 0 spiro atoms. The number of carbonyl (C=O) groups excluding carboxylic acids is 1. The van der Waals surface area contributed by atoms with E-state index in [1.807, 2.05) is 0 Å². The Bertz CT molecular complexity index is 146. The highest BCUT2D eigenvalue weighted by Gasteiger charge is 2.05. The number of carbonyl (C=O) groups is 1. The van der Waals surface area contributed by atoms with Gasteiger partial charge < -0.3 is 10.6 Å². The van der Waals surface area contributed by atoms with Crippen molar-refractivity contribution in [2.45, 2.75) is 20.8 Å². The summed E-state index contributed by atoms with van der Waals surface area (Å²) in [4.78, 5) is 13.5. The molecule has 1 amide bonds. The van der Waals surface area contributed by atoms with E-state index in [0.29, 0.717) is 13.1 Å². The Labute approximate surface area is 87.0 Å². The second-order valence-corrected chi connectivity index (χ2v) is 3.16. The van der Waals surface area contributed by atoms with Crippen molar-refractivity contribution >= 4 is 5.91 Å². The first-order valence-electron chi connectivity index (χ1n) is 5.44. The fraction of sp³-hybridized carbons (Fsp3) is 0.900. The highest BCUT2D eigenvalue weighted by atomic mass is 16.2. The van der Waals surface area contributed by atoms with Gasteiger partial charge in [-0.2, -0.15) is 0 Å². The molecule has 0 aliphatic heterocycles. The molecule has 0 aromatic carbocycles. The molecule has 2 N–H and O–H groups in total. The van der Waals surface area contributed by atoms with E-state index in [1.165, 1.54) is 0 Å². The highest BCUT2D eigenvalue weighted by Crippen LogP contribution is 1.84. The average Bonchev–Trinajstić information content (AvgIpc) is 2.21. The van der Waals surface area contributed by atoms with E-state index < -0.39 is 0 Å². The van der Waals surface area contributed by atoms with E-state index in [9.17, 15) is 4.79 Å². The van der Waals surface area contributed by atoms with Crippen LogP contribution < -0.4 is 10.6 Å². The molecular weight excluding hydrogens is 178 g/mol. The van der Waals surface area contributed by atoms with E-state index in [0.717, 1.165) is 26.2 Å². The van der Waals surface area contributed by atoms with Gasteiger partial charge in [0.25, 0.3) is 0 Å². The van der Waals surface area contributed by atoms with Crippen molar-refractivity contribution in [3.63, 3.8) is 0 Å². The van der Waals surface area contributed by atoms with Crippen LogP contribution in [-0.2, 0) is 4.79 Å². The fourth-order valence-corrected chi connectivity index (χ4v) is 1.17. The Hall–Kier alpha value is -0.610. The van der Waals surface area contributed by atoms with Crippen molar-refractivity contribution in [3.05, 3.63) is 0 Å². The molecule has 0 aromatic heterocycles. The van der Waals surface area contributed by atoms with Gasteiger partial charge in [0.05, 0.1) is 6.54 Å². The Kier molecular flexibility index (Phi) is 8.57. The molecule has 0 aliphatic rings. The number of hydrogen-bond donors (Lipinski definition) is 2. The lowest BCUT2D eigenvalue weighted by atomic mass is 10.4. The van der Waals surface area contributed by atoms with E-state index in [-0.39, 0.29) is 5.91 Å². The summed E-state index contributed by atoms with van der Waals surface area (Å²) in [6, 6.07) is 0. The van der Waals surface area contributed by atoms with Crippen molar-refractivity contribution in [1.29, 1.82) is 0 Å². The van der Waals surface area contributed by atoms with Gasteiger partial charge in [0.2, 0.25) is 5.91 Å². The normalized spacial score (nSPS) is 10.6. The van der Waals surface area contributed by atoms with E-state index in [1.54, 1.807) is 0 Å². The Morgan fingerprint density at radius 3 is 2.29 bits per heavy atom. The lowest BCUT2D eigenvalue weighted by molar-refractivity contribution is -0.122. The molecule has 0 saturated heterocycles. The summed E-state index contributed by atoms with van der Waals surface area (Å²) < 4.78 is 0. The van der Waals surface area contributed by atoms with E-state index in [2.05, 4.69) is 36.3 Å². The minimum absolute atomic E-state index is 0.117. The lowest BCUT2D eigenvalue weighted by Crippen LogP contribution is -2.39. The minimum atomic E-state index is 0.117. The molecule has 0 aromatic rings. The maximum absolute atomic E-state index is 11.4. The number of hydrogen-bond acceptors (Lipinski definition) is 3. The van der Waals surface area contributed by atoms with Crippen LogP contribution in [0.2, 0.25) is 0 Å². The number of nitrogens with zero attached hydrogens (tertiary/aromatic N) is 1. The van der Waals surface area contributed by atoms with Crippen molar-refractivity contribution in [2.75, 3.05) is 39.3 Å². The molecule has 0 aliphatic carbocycles. The molecule has 84 valence electrons. The first-order valence-corrected chi connectivity index (χ1v) is 5.44. The third kappa shape index (κ3) is 6.86. The minimum Gasteiger partial charge on any atom is -0.354 e. The summed E-state index contributed by atoms with van der Waals surface area (Å²) in [6.07, 6.45) is 0. The summed E-state index contributed by atoms with van der Waals surface area (Å²) in [7, 11) is 0. The third-order valence-corrected chi connectivity index (χ3v) is 2.14. The number of rotatable bonds is 8. The van der Waals surface area contributed by atoms with Gasteiger partial charge in [-0.05, 0) is 19.6 Å². The first kappa shape index (κ1) is 13.4. The van der Waals surface area contributed by atoms with E-state index in [4.69, 9.17) is 0 Å². The molecule has 0 saturated carbocycles. The molecule has 14 heavy (non-hydrogen) atoms. The fourth-order valence-electron chi connectivity index (χ4n) is 1.17. The Balaban J connectivity index is 3.44. The predicted molar refractivity (Wildman–Crippen MR) is 59.3 cm³/mol. The van der Waals surface area contributed by atoms with Gasteiger partial charge in [-0.3, -0.25) is 9.69 Å². The van der Waals surface area contributed by atoms with Crippen molar-refractivity contribution in [2.24, 2.45) is 0 Å². The largest absolute Gasteiger partial charge is 0.354 e. The van der Waals surface area contributed by atoms with Crippen LogP contribution in [0.15, 0.2) is 0 Å². The van der Waals surface area contributed by atoms with Crippen molar-refractivity contribution < 1.29 is 4.79 Å². The average molecular weight is 201 g/mol. The van der Waals surface area contributed by atoms with Gasteiger partial charge in [0, 0.05) is 13.1 Å². The second kappa shape index (κ2) is 8.97. The summed E-state index contributed by atoms with van der Waals surface area (Å²) in [5.74, 6) is 0.117. The quantitative estimate of drug-likeness (QED) is 0.546. The van der Waals surface area contributed by atoms with Gasteiger partial charge in [-0.15, -0.1) is 0 Å². The molecule has 4 heteroatoms. The molecule has 0 fully saturated rings. The number of likely N-dealkylation sites (N-methyl/N-ethyl adjacent to an activating group) is 2. The maximum atomic E-state index is 11.4. The standard InChI is InChI=1S/C10H23N3O/c1-4-11-7-8-12-10(14)9-13(5-2)6-3/h11H,4-9H2,1-3H3,(H,12,14). The van der Waals surface area contributed by atoms with E-state index >= 15 is 0 Å². The molecule has 0 radical (unpaired) electrons. The molecule has 0 heterocycles. The summed E-state index contributed by atoms with van der Waals surface area (Å²) in [5.41, 5.74) is 0. The van der Waals surface area contributed by atoms with Crippen LogP contribution >= 0.6 is 0 Å². The first-order chi connectivity index (χ1) is 6.74. The number of amides is 1. The summed E-state index contributed by atoms with van der Waals surface area (Å²) in [5, 5.41) is 6.03. The second-order valence-electron chi connectivity index (χ2n) is 3.16. The summed E-state index contributed by atoms with van der Waals surface area (Å²) >= 11 is 0. The molecule has 4 nitrogen and oxygen atoms in total. The smallest absolute Gasteiger partial charge is 0.234 e. The Morgan fingerprint density at radius 1 is 1.14 bits per heavy atom. The van der Waals surface area contributed by atoms with Crippen LogP contribution in [0.25, 0.3) is 0 Å². The topological polar surface area (TPSA) is 44.4 Å². The zero-order chi connectivity index (χ0) is 10.8. The van der Waals surface area contributed by atoms with Crippen LogP contribution in [0.3, 0.4) is 0 Å². The van der Waals surface area contributed by atoms with Crippen LogP contribution in [-0.4, -0.2) is 50.1 Å².